The molecule has 0 saturated carbocycles. The third-order valence-electron chi connectivity index (χ3n) is 3.75. The minimum atomic E-state index is -0.550. The zero-order chi connectivity index (χ0) is 17.8. The Morgan fingerprint density at radius 3 is 2.40 bits per heavy atom. The van der Waals surface area contributed by atoms with Crippen LogP contribution < -0.4 is 21.3 Å². The maximum Gasteiger partial charge on any atom is 0.327 e. The summed E-state index contributed by atoms with van der Waals surface area (Å²) in [6.07, 6.45) is 0. The van der Waals surface area contributed by atoms with Crippen LogP contribution in [0.15, 0.2) is 58.1 Å². The second-order valence-corrected chi connectivity index (χ2v) is 5.88. The fourth-order valence-corrected chi connectivity index (χ4v) is 2.40. The summed E-state index contributed by atoms with van der Waals surface area (Å²) in [6, 6.07) is 15.1. The highest BCUT2D eigenvalue weighted by Crippen LogP contribution is 2.24. The molecular formula is C19H19N3O3. The number of nitrogens with one attached hydrogen (secondary N) is 3. The molecule has 0 saturated heterocycles. The van der Waals surface area contributed by atoms with Crippen LogP contribution in [0.3, 0.4) is 0 Å². The molecule has 0 radical (unpaired) electrons. The molecule has 25 heavy (non-hydrogen) atoms. The van der Waals surface area contributed by atoms with Crippen LogP contribution in [0, 0.1) is 13.8 Å². The molecule has 3 rings (SSSR count). The maximum atomic E-state index is 11.3. The summed E-state index contributed by atoms with van der Waals surface area (Å²) in [4.78, 5) is 27.3. The van der Waals surface area contributed by atoms with Gasteiger partial charge in [-0.05, 0) is 43.2 Å². The van der Waals surface area contributed by atoms with E-state index in [1.54, 1.807) is 0 Å². The molecule has 0 spiro atoms. The molecule has 0 fully saturated rings. The van der Waals surface area contributed by atoms with Crippen molar-refractivity contribution in [3.63, 3.8) is 0 Å². The van der Waals surface area contributed by atoms with Crippen molar-refractivity contribution in [2.75, 3.05) is 5.32 Å². The summed E-state index contributed by atoms with van der Waals surface area (Å²) in [5.41, 5.74) is 3.03. The number of ether oxygens (including phenoxy) is 1. The number of aromatic amines is 2. The monoisotopic (exact) mass is 337 g/mol. The Hall–Kier alpha value is -3.28. The number of rotatable bonds is 5. The zero-order valence-electron chi connectivity index (χ0n) is 14.1. The molecule has 0 aliphatic carbocycles. The third-order valence-corrected chi connectivity index (χ3v) is 3.75. The fraction of sp³-hybridized carbons (Fsp3) is 0.158. The van der Waals surface area contributed by atoms with Gasteiger partial charge in [0.15, 0.2) is 0 Å². The van der Waals surface area contributed by atoms with Crippen molar-refractivity contribution in [1.29, 1.82) is 0 Å². The lowest BCUT2D eigenvalue weighted by Gasteiger charge is -2.12. The largest absolute Gasteiger partial charge is 0.489 e. The van der Waals surface area contributed by atoms with Gasteiger partial charge in [-0.15, -0.1) is 0 Å². The number of aromatic nitrogens is 2. The van der Waals surface area contributed by atoms with Gasteiger partial charge in [0.1, 0.15) is 18.2 Å². The molecule has 6 heteroatoms. The maximum absolute atomic E-state index is 11.3. The number of H-pyrrole nitrogens is 2. The van der Waals surface area contributed by atoms with Gasteiger partial charge in [0.05, 0.1) is 0 Å². The highest BCUT2D eigenvalue weighted by Gasteiger charge is 2.04. The summed E-state index contributed by atoms with van der Waals surface area (Å²) >= 11 is 0. The first kappa shape index (κ1) is 16.6. The van der Waals surface area contributed by atoms with Crippen LogP contribution in [0.5, 0.6) is 5.75 Å². The average molecular weight is 337 g/mol. The number of anilines is 2. The van der Waals surface area contributed by atoms with Crippen molar-refractivity contribution in [3.8, 4) is 5.75 Å². The number of benzene rings is 2. The second-order valence-electron chi connectivity index (χ2n) is 5.88. The van der Waals surface area contributed by atoms with Crippen LogP contribution in [0.2, 0.25) is 0 Å². The number of aryl methyl sites for hydroxylation is 2. The molecule has 3 aromatic rings. The smallest absolute Gasteiger partial charge is 0.327 e. The molecule has 0 aliphatic heterocycles. The van der Waals surface area contributed by atoms with Crippen molar-refractivity contribution in [2.45, 2.75) is 20.5 Å². The Labute approximate surface area is 144 Å². The molecule has 0 aliphatic rings. The standard InChI is InChI=1S/C19H19N3O3/c1-12-3-5-14(6-4-12)11-25-15-7-8-16(13(2)9-15)20-17-10-18(23)22-19(24)21-17/h3-10H,11H2,1-2H3,(H3,20,21,22,23,24). The van der Waals surface area contributed by atoms with Crippen LogP contribution in [0.4, 0.5) is 11.5 Å². The van der Waals surface area contributed by atoms with Crippen LogP contribution in [-0.2, 0) is 6.61 Å². The fourth-order valence-electron chi connectivity index (χ4n) is 2.40. The Bertz CT molecular complexity index is 960. The molecule has 0 unspecified atom stereocenters. The molecular weight excluding hydrogens is 318 g/mol. The van der Waals surface area contributed by atoms with Crippen LogP contribution >= 0.6 is 0 Å². The van der Waals surface area contributed by atoms with Crippen molar-refractivity contribution in [1.82, 2.24) is 9.97 Å². The van der Waals surface area contributed by atoms with E-state index in [0.29, 0.717) is 12.4 Å². The van der Waals surface area contributed by atoms with Gasteiger partial charge < -0.3 is 10.1 Å². The van der Waals surface area contributed by atoms with E-state index in [2.05, 4.69) is 27.4 Å². The average Bonchev–Trinajstić information content (AvgIpc) is 2.56. The van der Waals surface area contributed by atoms with Gasteiger partial charge in [-0.25, -0.2) is 4.79 Å². The van der Waals surface area contributed by atoms with Crippen molar-refractivity contribution < 1.29 is 4.74 Å². The zero-order valence-corrected chi connectivity index (χ0v) is 14.1. The van der Waals surface area contributed by atoms with Crippen molar-refractivity contribution >= 4 is 11.5 Å². The first-order valence-corrected chi connectivity index (χ1v) is 7.89. The number of hydrogen-bond donors (Lipinski definition) is 3. The van der Waals surface area contributed by atoms with Crippen LogP contribution in [0.1, 0.15) is 16.7 Å². The van der Waals surface area contributed by atoms with Gasteiger partial charge in [0.2, 0.25) is 0 Å². The Morgan fingerprint density at radius 2 is 1.72 bits per heavy atom. The predicted molar refractivity (Wildman–Crippen MR) is 97.7 cm³/mol. The first-order valence-electron chi connectivity index (χ1n) is 7.89. The van der Waals surface area contributed by atoms with E-state index in [4.69, 9.17) is 4.74 Å². The highest BCUT2D eigenvalue weighted by atomic mass is 16.5. The molecule has 1 heterocycles. The SMILES string of the molecule is Cc1ccc(COc2ccc(Nc3cc(=O)[nH]c(=O)[nH]3)c(C)c2)cc1. The van der Waals surface area contributed by atoms with E-state index in [9.17, 15) is 9.59 Å². The lowest BCUT2D eigenvalue weighted by molar-refractivity contribution is 0.306. The quantitative estimate of drug-likeness (QED) is 0.668. The van der Waals surface area contributed by atoms with Gasteiger partial charge in [-0.2, -0.15) is 0 Å². The van der Waals surface area contributed by atoms with E-state index >= 15 is 0 Å². The molecule has 0 atom stereocenters. The summed E-state index contributed by atoms with van der Waals surface area (Å²) in [6.45, 7) is 4.47. The summed E-state index contributed by atoms with van der Waals surface area (Å²) in [7, 11) is 0. The summed E-state index contributed by atoms with van der Waals surface area (Å²) in [5, 5.41) is 3.03. The van der Waals surface area contributed by atoms with Gasteiger partial charge in [0.25, 0.3) is 5.56 Å². The number of hydrogen-bond acceptors (Lipinski definition) is 4. The Morgan fingerprint density at radius 1 is 0.960 bits per heavy atom. The topological polar surface area (TPSA) is 87.0 Å². The molecule has 3 N–H and O–H groups in total. The molecule has 6 nitrogen and oxygen atoms in total. The lowest BCUT2D eigenvalue weighted by Crippen LogP contribution is -2.22. The Balaban J connectivity index is 1.70. The minimum absolute atomic E-state index is 0.338. The predicted octanol–water partition coefficient (Wildman–Crippen LogP) is 3.00. The Kier molecular flexibility index (Phi) is 4.70. The molecule has 1 aromatic heterocycles. The summed E-state index contributed by atoms with van der Waals surface area (Å²) in [5.74, 6) is 1.09. The second kappa shape index (κ2) is 7.09. The van der Waals surface area contributed by atoms with Gasteiger partial charge >= 0.3 is 5.69 Å². The molecule has 0 bridgehead atoms. The van der Waals surface area contributed by atoms with Gasteiger partial charge in [0, 0.05) is 11.8 Å². The first-order chi connectivity index (χ1) is 12.0. The summed E-state index contributed by atoms with van der Waals surface area (Å²) < 4.78 is 5.82. The van der Waals surface area contributed by atoms with Gasteiger partial charge in [-0.3, -0.25) is 14.8 Å². The van der Waals surface area contributed by atoms with Crippen molar-refractivity contribution in [3.05, 3.63) is 86.1 Å². The van der Waals surface area contributed by atoms with E-state index < -0.39 is 11.2 Å². The molecule has 0 amide bonds. The third kappa shape index (κ3) is 4.38. The lowest BCUT2D eigenvalue weighted by atomic mass is 10.1. The van der Waals surface area contributed by atoms with E-state index in [-0.39, 0.29) is 0 Å². The van der Waals surface area contributed by atoms with E-state index in [1.807, 2.05) is 44.2 Å². The molecule has 2 aromatic carbocycles. The molecule has 128 valence electrons. The van der Waals surface area contributed by atoms with Crippen LogP contribution in [-0.4, -0.2) is 9.97 Å². The van der Waals surface area contributed by atoms with Crippen LogP contribution in [0.25, 0.3) is 0 Å². The van der Waals surface area contributed by atoms with Crippen molar-refractivity contribution in [2.24, 2.45) is 0 Å². The highest BCUT2D eigenvalue weighted by molar-refractivity contribution is 5.61. The van der Waals surface area contributed by atoms with Gasteiger partial charge in [-0.1, -0.05) is 29.8 Å². The van der Waals surface area contributed by atoms with E-state index in [0.717, 1.165) is 22.6 Å². The normalized spacial score (nSPS) is 10.5. The van der Waals surface area contributed by atoms with E-state index in [1.165, 1.54) is 11.6 Å². The minimum Gasteiger partial charge on any atom is -0.489 e.